The minimum atomic E-state index is -0.399. The van der Waals surface area contributed by atoms with Gasteiger partial charge in [0.15, 0.2) is 5.52 Å². The number of rotatable bonds is 3. The summed E-state index contributed by atoms with van der Waals surface area (Å²) in [6.45, 7) is 1.94. The van der Waals surface area contributed by atoms with E-state index in [0.717, 1.165) is 19.3 Å². The van der Waals surface area contributed by atoms with Gasteiger partial charge in [0.05, 0.1) is 21.6 Å². The smallest absolute Gasteiger partial charge is 0.281 e. The predicted molar refractivity (Wildman–Crippen MR) is 98.4 cm³/mol. The minimum absolute atomic E-state index is 0.0808. The molecule has 2 aliphatic rings. The molecule has 0 radical (unpaired) electrons. The maximum Gasteiger partial charge on any atom is 0.281 e. The summed E-state index contributed by atoms with van der Waals surface area (Å²) >= 11 is 6.71. The zero-order valence-corrected chi connectivity index (χ0v) is 14.8. The average Bonchev–Trinajstić information content (AvgIpc) is 3.14. The number of anilines is 1. The molecule has 3 heterocycles. The third kappa shape index (κ3) is 2.20. The molecule has 1 aromatic carbocycles. The number of hydrogen-bond acceptors (Lipinski definition) is 5. The van der Waals surface area contributed by atoms with Crippen molar-refractivity contribution < 1.29 is 8.91 Å². The van der Waals surface area contributed by atoms with Crippen LogP contribution in [0.1, 0.15) is 25.3 Å². The monoisotopic (exact) mass is 376 g/mol. The first kappa shape index (κ1) is 16.1. The molecule has 2 N–H and O–H groups in total. The van der Waals surface area contributed by atoms with Crippen LogP contribution in [0, 0.1) is 11.7 Å². The lowest BCUT2D eigenvalue weighted by Gasteiger charge is -2.23. The zero-order chi connectivity index (χ0) is 18.0. The first-order chi connectivity index (χ1) is 12.6. The molecule has 1 unspecified atom stereocenters. The zero-order valence-electron chi connectivity index (χ0n) is 14.0. The molecule has 2 aromatic heterocycles. The van der Waals surface area contributed by atoms with Gasteiger partial charge in [-0.3, -0.25) is 4.79 Å². The normalized spacial score (nSPS) is 20.6. The third-order valence-corrected chi connectivity index (χ3v) is 5.90. The van der Waals surface area contributed by atoms with Crippen LogP contribution in [0.25, 0.3) is 21.8 Å². The second-order valence-corrected chi connectivity index (χ2v) is 7.61. The Morgan fingerprint density at radius 1 is 1.35 bits per heavy atom. The Morgan fingerprint density at radius 3 is 2.85 bits per heavy atom. The van der Waals surface area contributed by atoms with Gasteiger partial charge in [0.2, 0.25) is 0 Å². The molecule has 5 rings (SSSR count). The fourth-order valence-corrected chi connectivity index (χ4v) is 4.44. The SMILES string of the molecule is NCC1CCN(c2c(F)cc3c4conc4c(=O)n(C4CC4)c3c2Cl)C1. The lowest BCUT2D eigenvalue weighted by Crippen LogP contribution is -2.25. The van der Waals surface area contributed by atoms with E-state index in [9.17, 15) is 4.79 Å². The van der Waals surface area contributed by atoms with Crippen LogP contribution in [0.4, 0.5) is 10.1 Å². The van der Waals surface area contributed by atoms with Crippen molar-refractivity contribution in [2.75, 3.05) is 24.5 Å². The average molecular weight is 377 g/mol. The van der Waals surface area contributed by atoms with E-state index in [2.05, 4.69) is 5.16 Å². The molecule has 26 heavy (non-hydrogen) atoms. The van der Waals surface area contributed by atoms with Crippen molar-refractivity contribution in [2.45, 2.75) is 25.3 Å². The lowest BCUT2D eigenvalue weighted by molar-refractivity contribution is 0.427. The number of benzene rings is 1. The first-order valence-corrected chi connectivity index (χ1v) is 9.23. The highest BCUT2D eigenvalue weighted by Crippen LogP contribution is 2.43. The fraction of sp³-hybridized carbons (Fsp3) is 0.444. The van der Waals surface area contributed by atoms with E-state index in [1.807, 2.05) is 4.90 Å². The van der Waals surface area contributed by atoms with E-state index >= 15 is 4.39 Å². The van der Waals surface area contributed by atoms with Gasteiger partial charge in [-0.15, -0.1) is 0 Å². The van der Waals surface area contributed by atoms with Crippen LogP contribution in [-0.2, 0) is 0 Å². The number of hydrogen-bond donors (Lipinski definition) is 1. The summed E-state index contributed by atoms with van der Waals surface area (Å²) in [4.78, 5) is 14.8. The number of halogens is 2. The summed E-state index contributed by atoms with van der Waals surface area (Å²) < 4.78 is 21.7. The maximum atomic E-state index is 15.1. The molecule has 0 spiro atoms. The molecule has 1 atom stereocenters. The van der Waals surface area contributed by atoms with Crippen molar-refractivity contribution >= 4 is 39.1 Å². The van der Waals surface area contributed by atoms with E-state index in [1.54, 1.807) is 4.57 Å². The summed E-state index contributed by atoms with van der Waals surface area (Å²) in [6, 6.07) is 1.53. The van der Waals surface area contributed by atoms with Crippen molar-refractivity contribution in [1.82, 2.24) is 9.72 Å². The van der Waals surface area contributed by atoms with Crippen LogP contribution in [0.3, 0.4) is 0 Å². The first-order valence-electron chi connectivity index (χ1n) is 8.85. The van der Waals surface area contributed by atoms with Crippen LogP contribution in [-0.4, -0.2) is 29.4 Å². The van der Waals surface area contributed by atoms with E-state index in [0.29, 0.717) is 47.5 Å². The van der Waals surface area contributed by atoms with Crippen LogP contribution >= 0.6 is 11.6 Å². The summed E-state index contributed by atoms with van der Waals surface area (Å²) in [7, 11) is 0. The summed E-state index contributed by atoms with van der Waals surface area (Å²) in [5, 5.41) is 5.16. The van der Waals surface area contributed by atoms with Crippen molar-refractivity contribution in [3.8, 4) is 0 Å². The molecule has 0 bridgehead atoms. The topological polar surface area (TPSA) is 77.3 Å². The van der Waals surface area contributed by atoms with E-state index in [4.69, 9.17) is 21.9 Å². The number of fused-ring (bicyclic) bond motifs is 3. The van der Waals surface area contributed by atoms with Crippen molar-refractivity contribution in [3.63, 3.8) is 0 Å². The molecular weight excluding hydrogens is 359 g/mol. The van der Waals surface area contributed by atoms with Gasteiger partial charge in [-0.1, -0.05) is 16.8 Å². The Kier molecular flexibility index (Phi) is 3.52. The molecule has 1 saturated heterocycles. The Morgan fingerprint density at radius 2 is 2.15 bits per heavy atom. The number of aromatic nitrogens is 2. The number of nitrogens with zero attached hydrogens (tertiary/aromatic N) is 3. The fourth-order valence-electron chi connectivity index (χ4n) is 4.04. The second-order valence-electron chi connectivity index (χ2n) is 7.24. The Labute approximate surface area is 153 Å². The van der Waals surface area contributed by atoms with Crippen LogP contribution < -0.4 is 16.2 Å². The molecule has 1 saturated carbocycles. The standard InChI is InChI=1S/C18H18ClFN4O2/c19-14-16-11(5-13(20)17(14)23-4-3-9(6-21)7-23)12-8-26-22-15(12)18(25)24(16)10-1-2-10/h5,8-10H,1-4,6-7,21H2. The Hall–Kier alpha value is -2.12. The van der Waals surface area contributed by atoms with Gasteiger partial charge in [-0.2, -0.15) is 0 Å². The third-order valence-electron chi connectivity index (χ3n) is 5.54. The highest BCUT2D eigenvalue weighted by Gasteiger charge is 2.32. The molecule has 136 valence electrons. The predicted octanol–water partition coefficient (Wildman–Crippen LogP) is 3.06. The van der Waals surface area contributed by atoms with Gasteiger partial charge >= 0.3 is 0 Å². The highest BCUT2D eigenvalue weighted by atomic mass is 35.5. The van der Waals surface area contributed by atoms with Gasteiger partial charge in [0.25, 0.3) is 5.56 Å². The summed E-state index contributed by atoms with van der Waals surface area (Å²) in [5.41, 5.74) is 6.69. The van der Waals surface area contributed by atoms with E-state index in [-0.39, 0.29) is 22.1 Å². The molecule has 2 fully saturated rings. The molecule has 0 amide bonds. The van der Waals surface area contributed by atoms with Gasteiger partial charge in [-0.25, -0.2) is 4.39 Å². The molecule has 3 aromatic rings. The number of pyridine rings is 1. The van der Waals surface area contributed by atoms with E-state index < -0.39 is 5.82 Å². The Balaban J connectivity index is 1.83. The number of nitrogens with two attached hydrogens (primary N) is 1. The highest BCUT2D eigenvalue weighted by molar-refractivity contribution is 6.38. The summed E-state index contributed by atoms with van der Waals surface area (Å²) in [6.07, 6.45) is 4.09. The van der Waals surface area contributed by atoms with E-state index in [1.165, 1.54) is 12.3 Å². The van der Waals surface area contributed by atoms with Crippen LogP contribution in [0.5, 0.6) is 0 Å². The van der Waals surface area contributed by atoms with Crippen LogP contribution in [0.2, 0.25) is 5.02 Å². The minimum Gasteiger partial charge on any atom is -0.368 e. The maximum absolute atomic E-state index is 15.1. The van der Waals surface area contributed by atoms with Crippen molar-refractivity contribution in [3.05, 3.63) is 33.5 Å². The second kappa shape index (κ2) is 5.69. The van der Waals surface area contributed by atoms with Gasteiger partial charge in [0.1, 0.15) is 12.1 Å². The quantitative estimate of drug-likeness (QED) is 0.760. The van der Waals surface area contributed by atoms with Crippen molar-refractivity contribution in [2.24, 2.45) is 11.7 Å². The van der Waals surface area contributed by atoms with Gasteiger partial charge in [-0.05, 0) is 37.8 Å². The lowest BCUT2D eigenvalue weighted by atomic mass is 10.1. The molecule has 1 aliphatic heterocycles. The molecular formula is C18H18ClFN4O2. The molecule has 1 aliphatic carbocycles. The van der Waals surface area contributed by atoms with Gasteiger partial charge < -0.3 is 19.7 Å². The molecule has 6 nitrogen and oxygen atoms in total. The van der Waals surface area contributed by atoms with Crippen LogP contribution in [0.15, 0.2) is 21.6 Å². The summed E-state index contributed by atoms with van der Waals surface area (Å²) in [5.74, 6) is -0.0731. The largest absolute Gasteiger partial charge is 0.368 e. The van der Waals surface area contributed by atoms with Gasteiger partial charge in [0, 0.05) is 24.5 Å². The van der Waals surface area contributed by atoms with Crippen molar-refractivity contribution in [1.29, 1.82) is 0 Å². The molecule has 8 heteroatoms. The Bertz CT molecular complexity index is 1090.